The lowest BCUT2D eigenvalue weighted by molar-refractivity contribution is -0.151. The fourth-order valence-electron chi connectivity index (χ4n) is 0.573. The molecule has 0 heterocycles. The van der Waals surface area contributed by atoms with E-state index in [0.717, 1.165) is 0 Å². The Bertz CT molecular complexity index is 145. The predicted octanol–water partition coefficient (Wildman–Crippen LogP) is 1.31. The van der Waals surface area contributed by atoms with Gasteiger partial charge in [0, 0.05) is 0 Å². The fourth-order valence-corrected chi connectivity index (χ4v) is 0.573. The van der Waals surface area contributed by atoms with Crippen molar-refractivity contribution in [1.82, 2.24) is 0 Å². The molecule has 2 atom stereocenters. The maximum Gasteiger partial charge on any atom is 0.323 e. The van der Waals surface area contributed by atoms with Crippen molar-refractivity contribution in [2.75, 3.05) is 0 Å². The molecule has 0 amide bonds. The summed E-state index contributed by atoms with van der Waals surface area (Å²) in [5.74, 6) is 0.0525. The molecule has 0 saturated heterocycles. The van der Waals surface area contributed by atoms with Crippen molar-refractivity contribution in [3.63, 3.8) is 0 Å². The molecule has 0 aromatic carbocycles. The van der Waals surface area contributed by atoms with Gasteiger partial charge in [-0.1, -0.05) is 20.8 Å². The van der Waals surface area contributed by atoms with Crippen molar-refractivity contribution < 1.29 is 9.53 Å². The van der Waals surface area contributed by atoms with Crippen LogP contribution >= 0.6 is 0 Å². The second-order valence-electron chi connectivity index (χ2n) is 3.40. The molecule has 0 aromatic heterocycles. The Morgan fingerprint density at radius 2 is 1.92 bits per heavy atom. The first-order valence-electron chi connectivity index (χ1n) is 4.45. The van der Waals surface area contributed by atoms with Crippen LogP contribution in [-0.4, -0.2) is 18.1 Å². The van der Waals surface area contributed by atoms with Crippen LogP contribution in [0.3, 0.4) is 0 Å². The van der Waals surface area contributed by atoms with Gasteiger partial charge in [0.15, 0.2) is 0 Å². The number of rotatable bonds is 4. The molecule has 0 rings (SSSR count). The predicted molar refractivity (Wildman–Crippen MR) is 48.7 cm³/mol. The quantitative estimate of drug-likeness (QED) is 0.652. The van der Waals surface area contributed by atoms with Gasteiger partial charge in [-0.3, -0.25) is 4.79 Å². The zero-order valence-corrected chi connectivity index (χ0v) is 8.33. The lowest BCUT2D eigenvalue weighted by atomic mass is 10.1. The van der Waals surface area contributed by atoms with E-state index in [1.165, 1.54) is 0 Å². The number of esters is 1. The third-order valence-electron chi connectivity index (χ3n) is 1.98. The minimum absolute atomic E-state index is 0.0462. The van der Waals surface area contributed by atoms with E-state index in [9.17, 15) is 4.79 Å². The highest BCUT2D eigenvalue weighted by molar-refractivity contribution is 5.75. The minimum atomic E-state index is -0.466. The van der Waals surface area contributed by atoms with Crippen molar-refractivity contribution in [2.24, 2.45) is 11.7 Å². The number of nitrogens with two attached hydrogens (primary N) is 1. The summed E-state index contributed by atoms with van der Waals surface area (Å²) >= 11 is 0. The summed E-state index contributed by atoms with van der Waals surface area (Å²) in [6.07, 6.45) is 0.582. The van der Waals surface area contributed by atoms with Gasteiger partial charge in [0.05, 0.1) is 0 Å². The molecule has 12 heavy (non-hydrogen) atoms. The smallest absolute Gasteiger partial charge is 0.323 e. The number of hydrogen-bond acceptors (Lipinski definition) is 3. The van der Waals surface area contributed by atoms with Gasteiger partial charge in [0.1, 0.15) is 12.1 Å². The molecular weight excluding hydrogens is 154 g/mol. The third kappa shape index (κ3) is 3.72. The zero-order chi connectivity index (χ0) is 9.72. The minimum Gasteiger partial charge on any atom is -0.461 e. The zero-order valence-electron chi connectivity index (χ0n) is 8.33. The van der Waals surface area contributed by atoms with Crippen LogP contribution in [0.5, 0.6) is 0 Å². The number of hydrogen-bond donors (Lipinski definition) is 1. The average molecular weight is 173 g/mol. The second kappa shape index (κ2) is 5.14. The molecule has 1 unspecified atom stereocenters. The van der Waals surface area contributed by atoms with Crippen LogP contribution in [0.25, 0.3) is 0 Å². The van der Waals surface area contributed by atoms with Crippen molar-refractivity contribution in [1.29, 1.82) is 0 Å². The summed E-state index contributed by atoms with van der Waals surface area (Å²) < 4.78 is 5.10. The van der Waals surface area contributed by atoms with Crippen molar-refractivity contribution in [2.45, 2.75) is 46.3 Å². The second-order valence-corrected chi connectivity index (χ2v) is 3.40. The summed E-state index contributed by atoms with van der Waals surface area (Å²) in [7, 11) is 0. The summed E-state index contributed by atoms with van der Waals surface area (Å²) in [5, 5.41) is 0. The molecule has 72 valence electrons. The van der Waals surface area contributed by atoms with Gasteiger partial charge in [-0.05, 0) is 19.3 Å². The summed E-state index contributed by atoms with van der Waals surface area (Å²) in [5.41, 5.74) is 5.49. The largest absolute Gasteiger partial charge is 0.461 e. The Morgan fingerprint density at radius 1 is 1.42 bits per heavy atom. The summed E-state index contributed by atoms with van der Waals surface area (Å²) in [6, 6.07) is -0.466. The number of carbonyl (C=O) groups excluding carboxylic acids is 1. The van der Waals surface area contributed by atoms with E-state index >= 15 is 0 Å². The van der Waals surface area contributed by atoms with E-state index in [0.29, 0.717) is 12.3 Å². The number of ether oxygens (including phenoxy) is 1. The lowest BCUT2D eigenvalue weighted by Gasteiger charge is -2.18. The lowest BCUT2D eigenvalue weighted by Crippen LogP contribution is -2.34. The SMILES string of the molecule is CC[C@@H](N)C(=O)OC(C)C(C)C. The Balaban J connectivity index is 3.84. The van der Waals surface area contributed by atoms with E-state index in [4.69, 9.17) is 10.5 Å². The van der Waals surface area contributed by atoms with Crippen LogP contribution in [0.2, 0.25) is 0 Å². The topological polar surface area (TPSA) is 52.3 Å². The van der Waals surface area contributed by atoms with Crippen LogP contribution in [-0.2, 0) is 9.53 Å². The molecule has 0 bridgehead atoms. The van der Waals surface area contributed by atoms with Gasteiger partial charge >= 0.3 is 5.97 Å². The maximum absolute atomic E-state index is 11.1. The molecule has 0 aliphatic carbocycles. The molecule has 0 saturated carbocycles. The van der Waals surface area contributed by atoms with Crippen LogP contribution in [0, 0.1) is 5.92 Å². The first-order chi connectivity index (χ1) is 5.49. The van der Waals surface area contributed by atoms with Crippen LogP contribution in [0.15, 0.2) is 0 Å². The van der Waals surface area contributed by atoms with Gasteiger partial charge in [-0.2, -0.15) is 0 Å². The Hall–Kier alpha value is -0.570. The molecule has 0 spiro atoms. The van der Waals surface area contributed by atoms with Gasteiger partial charge in [-0.25, -0.2) is 0 Å². The summed E-state index contributed by atoms with van der Waals surface area (Å²) in [6.45, 7) is 7.77. The van der Waals surface area contributed by atoms with Crippen LogP contribution < -0.4 is 5.73 Å². The van der Waals surface area contributed by atoms with Gasteiger partial charge < -0.3 is 10.5 Å². The molecule has 0 aromatic rings. The Kier molecular flexibility index (Phi) is 4.90. The Morgan fingerprint density at radius 3 is 2.25 bits per heavy atom. The molecule has 0 aliphatic rings. The molecule has 0 fully saturated rings. The van der Waals surface area contributed by atoms with E-state index in [1.807, 2.05) is 27.7 Å². The molecule has 3 heteroatoms. The monoisotopic (exact) mass is 173 g/mol. The molecule has 0 radical (unpaired) electrons. The fraction of sp³-hybridized carbons (Fsp3) is 0.889. The van der Waals surface area contributed by atoms with Crippen molar-refractivity contribution in [3.05, 3.63) is 0 Å². The van der Waals surface area contributed by atoms with E-state index < -0.39 is 6.04 Å². The maximum atomic E-state index is 11.1. The average Bonchev–Trinajstić information content (AvgIpc) is 2.02. The molecule has 3 nitrogen and oxygen atoms in total. The van der Waals surface area contributed by atoms with E-state index in [-0.39, 0.29) is 12.1 Å². The van der Waals surface area contributed by atoms with Gasteiger partial charge in [0.25, 0.3) is 0 Å². The van der Waals surface area contributed by atoms with Crippen molar-refractivity contribution in [3.8, 4) is 0 Å². The molecule has 0 aliphatic heterocycles. The molecular formula is C9H19NO2. The van der Waals surface area contributed by atoms with Gasteiger partial charge in [0.2, 0.25) is 0 Å². The third-order valence-corrected chi connectivity index (χ3v) is 1.98. The summed E-state index contributed by atoms with van der Waals surface area (Å²) in [4.78, 5) is 11.1. The highest BCUT2D eigenvalue weighted by Crippen LogP contribution is 2.06. The Labute approximate surface area is 74.3 Å². The number of carbonyl (C=O) groups is 1. The standard InChI is InChI=1S/C9H19NO2/c1-5-8(10)9(11)12-7(4)6(2)3/h6-8H,5,10H2,1-4H3/t7?,8-/m1/s1. The van der Waals surface area contributed by atoms with E-state index in [1.54, 1.807) is 0 Å². The first-order valence-corrected chi connectivity index (χ1v) is 4.45. The first kappa shape index (κ1) is 11.4. The van der Waals surface area contributed by atoms with Crippen molar-refractivity contribution >= 4 is 5.97 Å². The highest BCUT2D eigenvalue weighted by atomic mass is 16.5. The normalized spacial score (nSPS) is 15.8. The van der Waals surface area contributed by atoms with E-state index in [2.05, 4.69) is 0 Å². The van der Waals surface area contributed by atoms with Gasteiger partial charge in [-0.15, -0.1) is 0 Å². The van der Waals surface area contributed by atoms with Crippen LogP contribution in [0.4, 0.5) is 0 Å². The van der Waals surface area contributed by atoms with Crippen LogP contribution in [0.1, 0.15) is 34.1 Å². The highest BCUT2D eigenvalue weighted by Gasteiger charge is 2.17. The molecule has 2 N–H and O–H groups in total.